The molecule has 4 atom stereocenters. The molecule has 2 bridgehead atoms. The molecule has 18 heavy (non-hydrogen) atoms. The summed E-state index contributed by atoms with van der Waals surface area (Å²) in [5.41, 5.74) is 1.26. The van der Waals surface area contributed by atoms with E-state index in [1.165, 1.54) is 25.7 Å². The summed E-state index contributed by atoms with van der Waals surface area (Å²) in [6.07, 6.45) is 6.51. The highest BCUT2D eigenvalue weighted by Gasteiger charge is 2.49. The summed E-state index contributed by atoms with van der Waals surface area (Å²) in [6.45, 7) is 0. The molecule has 3 aliphatic rings. The van der Waals surface area contributed by atoms with Gasteiger partial charge in [0.2, 0.25) is 0 Å². The van der Waals surface area contributed by atoms with Crippen LogP contribution in [-0.2, 0) is 4.74 Å². The molecule has 0 spiro atoms. The molecule has 4 heteroatoms. The number of pyridine rings is 1. The molecule has 0 saturated heterocycles. The van der Waals surface area contributed by atoms with E-state index in [1.807, 2.05) is 0 Å². The Labute approximate surface area is 110 Å². The van der Waals surface area contributed by atoms with Crippen LogP contribution in [-0.4, -0.2) is 11.0 Å². The minimum absolute atomic E-state index is 0.149. The topological polar surface area (TPSA) is 39.2 Å². The smallest absolute Gasteiger partial charge is 0.358 e. The summed E-state index contributed by atoms with van der Waals surface area (Å²) >= 11 is 6.24. The average Bonchev–Trinajstić information content (AvgIpc) is 3.04. The van der Waals surface area contributed by atoms with Gasteiger partial charge in [0.25, 0.3) is 0 Å². The van der Waals surface area contributed by atoms with E-state index in [2.05, 4.69) is 4.98 Å². The van der Waals surface area contributed by atoms with Crippen molar-refractivity contribution < 1.29 is 9.53 Å². The molecule has 0 N–H and O–H groups in total. The van der Waals surface area contributed by atoms with Crippen molar-refractivity contribution in [3.8, 4) is 0 Å². The second-order valence-electron chi connectivity index (χ2n) is 5.72. The Bertz CT molecular complexity index is 531. The number of cyclic esters (lactones) is 1. The molecule has 2 aliphatic carbocycles. The number of aromatic nitrogens is 1. The van der Waals surface area contributed by atoms with E-state index < -0.39 is 0 Å². The lowest BCUT2D eigenvalue weighted by Gasteiger charge is -2.27. The molecule has 4 rings (SSSR count). The average molecular weight is 264 g/mol. The third kappa shape index (κ3) is 1.37. The van der Waals surface area contributed by atoms with E-state index in [-0.39, 0.29) is 12.1 Å². The van der Waals surface area contributed by atoms with Gasteiger partial charge in [-0.1, -0.05) is 18.0 Å². The van der Waals surface area contributed by atoms with Crippen LogP contribution < -0.4 is 0 Å². The lowest BCUT2D eigenvalue weighted by Crippen LogP contribution is -2.19. The highest BCUT2D eigenvalue weighted by molar-refractivity contribution is 6.32. The molecule has 2 saturated carbocycles. The third-order valence-electron chi connectivity index (χ3n) is 4.83. The van der Waals surface area contributed by atoms with E-state index in [0.29, 0.717) is 22.6 Å². The molecule has 3 nitrogen and oxygen atoms in total. The molecule has 2 heterocycles. The lowest BCUT2D eigenvalue weighted by molar-refractivity contribution is 0.0141. The second-order valence-corrected chi connectivity index (χ2v) is 6.13. The van der Waals surface area contributed by atoms with Crippen LogP contribution in [0.5, 0.6) is 0 Å². The van der Waals surface area contributed by atoms with Gasteiger partial charge in [-0.05, 0) is 37.2 Å². The van der Waals surface area contributed by atoms with Crippen molar-refractivity contribution in [2.24, 2.45) is 17.8 Å². The maximum absolute atomic E-state index is 11.8. The standard InChI is InChI=1S/C14H14ClNO2/c15-10-3-4-16-12-11(10)13(18-14(12)17)9-6-7-1-2-8(9)5-7/h3-4,7-9,13H,1-2,5-6H2. The number of rotatable bonds is 1. The minimum atomic E-state index is -0.305. The molecule has 2 fully saturated rings. The number of carbonyl (C=O) groups is 1. The summed E-state index contributed by atoms with van der Waals surface area (Å²) in [7, 11) is 0. The number of nitrogens with zero attached hydrogens (tertiary/aromatic N) is 1. The van der Waals surface area contributed by atoms with Gasteiger partial charge in [-0.2, -0.15) is 0 Å². The first-order valence-electron chi connectivity index (χ1n) is 6.59. The molecule has 94 valence electrons. The van der Waals surface area contributed by atoms with Gasteiger partial charge in [0.05, 0.1) is 5.02 Å². The van der Waals surface area contributed by atoms with Crippen LogP contribution in [0.1, 0.15) is 47.8 Å². The highest BCUT2D eigenvalue weighted by atomic mass is 35.5. The van der Waals surface area contributed by atoms with Gasteiger partial charge >= 0.3 is 5.97 Å². The monoisotopic (exact) mass is 263 g/mol. The van der Waals surface area contributed by atoms with Crippen LogP contribution in [0.15, 0.2) is 12.3 Å². The molecular weight excluding hydrogens is 250 g/mol. The zero-order chi connectivity index (χ0) is 12.3. The maximum atomic E-state index is 11.8. The lowest BCUT2D eigenvalue weighted by atomic mass is 9.82. The summed E-state index contributed by atoms with van der Waals surface area (Å²) in [5.74, 6) is 1.68. The van der Waals surface area contributed by atoms with E-state index in [4.69, 9.17) is 16.3 Å². The first-order chi connectivity index (χ1) is 8.74. The molecule has 1 aromatic rings. The molecule has 0 amide bonds. The zero-order valence-electron chi connectivity index (χ0n) is 9.93. The largest absolute Gasteiger partial charge is 0.452 e. The van der Waals surface area contributed by atoms with Gasteiger partial charge in [0.15, 0.2) is 5.69 Å². The van der Waals surface area contributed by atoms with Crippen LogP contribution in [0.25, 0.3) is 0 Å². The predicted octanol–water partition coefficient (Wildman–Crippen LogP) is 3.38. The Morgan fingerprint density at radius 1 is 1.33 bits per heavy atom. The first-order valence-corrected chi connectivity index (χ1v) is 6.97. The fourth-order valence-electron chi connectivity index (χ4n) is 4.08. The molecular formula is C14H14ClNO2. The van der Waals surface area contributed by atoms with Gasteiger partial charge in [-0.25, -0.2) is 9.78 Å². The van der Waals surface area contributed by atoms with Crippen molar-refractivity contribution in [1.29, 1.82) is 0 Å². The SMILES string of the molecule is O=C1OC(C2CC3CCC2C3)c2c(Cl)ccnc21. The summed E-state index contributed by atoms with van der Waals surface area (Å²) < 4.78 is 5.56. The fraction of sp³-hybridized carbons (Fsp3) is 0.571. The van der Waals surface area contributed by atoms with Gasteiger partial charge in [0, 0.05) is 17.7 Å². The second kappa shape index (κ2) is 3.70. The maximum Gasteiger partial charge on any atom is 0.358 e. The number of fused-ring (bicyclic) bond motifs is 3. The Morgan fingerprint density at radius 3 is 2.94 bits per heavy atom. The minimum Gasteiger partial charge on any atom is -0.452 e. The molecule has 0 radical (unpaired) electrons. The highest BCUT2D eigenvalue weighted by Crippen LogP contribution is 2.55. The Hall–Kier alpha value is -1.09. The van der Waals surface area contributed by atoms with E-state index in [9.17, 15) is 4.79 Å². The van der Waals surface area contributed by atoms with Crippen molar-refractivity contribution in [2.75, 3.05) is 0 Å². The van der Waals surface area contributed by atoms with Gasteiger partial charge in [-0.15, -0.1) is 0 Å². The Kier molecular flexibility index (Phi) is 2.22. The molecule has 0 aromatic carbocycles. The number of ether oxygens (including phenoxy) is 1. The van der Waals surface area contributed by atoms with Crippen molar-refractivity contribution in [2.45, 2.75) is 31.8 Å². The fourth-order valence-corrected chi connectivity index (χ4v) is 4.33. The quantitative estimate of drug-likeness (QED) is 0.729. The van der Waals surface area contributed by atoms with E-state index in [1.54, 1.807) is 12.3 Å². The van der Waals surface area contributed by atoms with Crippen molar-refractivity contribution >= 4 is 17.6 Å². The number of hydrogen-bond acceptors (Lipinski definition) is 3. The molecule has 4 unspecified atom stereocenters. The van der Waals surface area contributed by atoms with Crippen LogP contribution in [0.2, 0.25) is 5.02 Å². The number of carbonyl (C=O) groups excluding carboxylic acids is 1. The molecule has 1 aromatic heterocycles. The Balaban J connectivity index is 1.75. The van der Waals surface area contributed by atoms with Gasteiger partial charge < -0.3 is 4.74 Å². The molecule has 1 aliphatic heterocycles. The number of esters is 1. The van der Waals surface area contributed by atoms with Crippen LogP contribution in [0, 0.1) is 17.8 Å². The van der Waals surface area contributed by atoms with Crippen LogP contribution in [0.3, 0.4) is 0 Å². The van der Waals surface area contributed by atoms with Gasteiger partial charge in [0.1, 0.15) is 6.10 Å². The van der Waals surface area contributed by atoms with E-state index in [0.717, 1.165) is 11.5 Å². The number of hydrogen-bond donors (Lipinski definition) is 0. The first kappa shape index (κ1) is 10.8. The van der Waals surface area contributed by atoms with Crippen molar-refractivity contribution in [1.82, 2.24) is 4.98 Å². The van der Waals surface area contributed by atoms with Crippen LogP contribution >= 0.6 is 11.6 Å². The van der Waals surface area contributed by atoms with Gasteiger partial charge in [-0.3, -0.25) is 0 Å². The summed E-state index contributed by atoms with van der Waals surface area (Å²) in [5, 5.41) is 0.624. The summed E-state index contributed by atoms with van der Waals surface area (Å²) in [6, 6.07) is 1.75. The predicted molar refractivity (Wildman–Crippen MR) is 66.3 cm³/mol. The normalized spacial score (nSPS) is 36.8. The Morgan fingerprint density at radius 2 is 2.22 bits per heavy atom. The van der Waals surface area contributed by atoms with Crippen LogP contribution in [0.4, 0.5) is 0 Å². The zero-order valence-corrected chi connectivity index (χ0v) is 10.7. The van der Waals surface area contributed by atoms with Crippen molar-refractivity contribution in [3.05, 3.63) is 28.5 Å². The van der Waals surface area contributed by atoms with Crippen molar-refractivity contribution in [3.63, 3.8) is 0 Å². The van der Waals surface area contributed by atoms with E-state index >= 15 is 0 Å². The third-order valence-corrected chi connectivity index (χ3v) is 5.16. The summed E-state index contributed by atoms with van der Waals surface area (Å²) in [4.78, 5) is 16.0. The number of halogens is 1.